The molecule has 0 bridgehead atoms. The molecule has 1 aromatic heterocycles. The highest BCUT2D eigenvalue weighted by Gasteiger charge is 2.22. The number of benzene rings is 2. The molecule has 1 aliphatic heterocycles. The highest BCUT2D eigenvalue weighted by molar-refractivity contribution is 7.99. The first-order valence-corrected chi connectivity index (χ1v) is 11.1. The van der Waals surface area contributed by atoms with Gasteiger partial charge in [-0.1, -0.05) is 41.6 Å². The summed E-state index contributed by atoms with van der Waals surface area (Å²) in [6.07, 6.45) is 0. The molecule has 1 aliphatic rings. The summed E-state index contributed by atoms with van der Waals surface area (Å²) in [6, 6.07) is 14.1. The largest absolute Gasteiger partial charge is 0.378 e. The molecule has 2 aromatic carbocycles. The highest BCUT2D eigenvalue weighted by atomic mass is 32.2. The number of anilines is 1. The van der Waals surface area contributed by atoms with E-state index in [0.29, 0.717) is 19.0 Å². The van der Waals surface area contributed by atoms with Crippen LogP contribution in [0.5, 0.6) is 0 Å². The van der Waals surface area contributed by atoms with Crippen molar-refractivity contribution in [3.8, 4) is 5.69 Å². The smallest absolute Gasteiger partial charge is 0.232 e. The summed E-state index contributed by atoms with van der Waals surface area (Å²) in [5.41, 5.74) is 5.24. The molecule has 0 amide bonds. The number of morpholine rings is 1. The van der Waals surface area contributed by atoms with Gasteiger partial charge < -0.3 is 9.64 Å². The average molecular weight is 423 g/mol. The van der Waals surface area contributed by atoms with Crippen LogP contribution >= 0.6 is 11.8 Å². The Labute approximate surface area is 181 Å². The van der Waals surface area contributed by atoms with Crippen LogP contribution in [0.3, 0.4) is 0 Å². The minimum absolute atomic E-state index is 0.0921. The van der Waals surface area contributed by atoms with E-state index in [2.05, 4.69) is 53.2 Å². The van der Waals surface area contributed by atoms with Crippen molar-refractivity contribution in [2.45, 2.75) is 25.9 Å². The lowest BCUT2D eigenvalue weighted by atomic mass is 10.0. The maximum Gasteiger partial charge on any atom is 0.232 e. The molecule has 156 valence electrons. The van der Waals surface area contributed by atoms with Crippen LogP contribution in [0.4, 0.5) is 5.95 Å². The number of aromatic nitrogens is 3. The number of nitrogens with zero attached hydrogens (tertiary/aromatic N) is 4. The summed E-state index contributed by atoms with van der Waals surface area (Å²) in [4.78, 5) is 15.0. The summed E-state index contributed by atoms with van der Waals surface area (Å²) in [6.45, 7) is 9.05. The van der Waals surface area contributed by atoms with Gasteiger partial charge in [-0.2, -0.15) is 0 Å². The molecule has 3 aromatic rings. The summed E-state index contributed by atoms with van der Waals surface area (Å²) in [5.74, 6) is 1.20. The standard InChI is InChI=1S/C23H26N4O2S/c1-16-4-8-20(9-5-16)27-22(26-10-12-29-13-11-26)24-25-23(27)30-15-21(28)19-7-6-17(2)18(3)14-19/h4-9,14H,10-13,15H2,1-3H3. The second kappa shape index (κ2) is 9.02. The van der Waals surface area contributed by atoms with Gasteiger partial charge in [0.25, 0.3) is 0 Å². The first kappa shape index (κ1) is 20.6. The fourth-order valence-corrected chi connectivity index (χ4v) is 4.21. The molecular weight excluding hydrogens is 396 g/mol. The van der Waals surface area contributed by atoms with Gasteiger partial charge in [-0.15, -0.1) is 10.2 Å². The van der Waals surface area contributed by atoms with Crippen molar-refractivity contribution in [2.24, 2.45) is 0 Å². The van der Waals surface area contributed by atoms with E-state index < -0.39 is 0 Å². The fraction of sp³-hybridized carbons (Fsp3) is 0.348. The van der Waals surface area contributed by atoms with Gasteiger partial charge in [0.1, 0.15) is 0 Å². The summed E-state index contributed by atoms with van der Waals surface area (Å²) in [5, 5.41) is 9.61. The normalized spacial score (nSPS) is 14.2. The van der Waals surface area contributed by atoms with Crippen LogP contribution in [0.2, 0.25) is 0 Å². The Kier molecular flexibility index (Phi) is 6.20. The first-order chi connectivity index (χ1) is 14.5. The van der Waals surface area contributed by atoms with Crippen molar-refractivity contribution < 1.29 is 9.53 Å². The molecule has 30 heavy (non-hydrogen) atoms. The van der Waals surface area contributed by atoms with E-state index in [0.717, 1.165) is 41.0 Å². The van der Waals surface area contributed by atoms with Crippen molar-refractivity contribution in [2.75, 3.05) is 37.0 Å². The number of Topliss-reactive ketones (excluding diaryl/α,β-unsaturated/α-hetero) is 1. The number of carbonyl (C=O) groups excluding carboxylic acids is 1. The molecule has 0 saturated carbocycles. The van der Waals surface area contributed by atoms with Gasteiger partial charge in [-0.25, -0.2) is 0 Å². The van der Waals surface area contributed by atoms with Crippen molar-refractivity contribution in [3.63, 3.8) is 0 Å². The molecule has 0 spiro atoms. The lowest BCUT2D eigenvalue weighted by molar-refractivity contribution is 0.102. The summed E-state index contributed by atoms with van der Waals surface area (Å²) in [7, 11) is 0. The Balaban J connectivity index is 1.60. The monoisotopic (exact) mass is 422 g/mol. The van der Waals surface area contributed by atoms with E-state index in [-0.39, 0.29) is 5.78 Å². The highest BCUT2D eigenvalue weighted by Crippen LogP contribution is 2.28. The van der Waals surface area contributed by atoms with Crippen LogP contribution in [-0.4, -0.2) is 52.6 Å². The number of hydrogen-bond acceptors (Lipinski definition) is 6. The predicted octanol–water partition coefficient (Wildman–Crippen LogP) is 4.00. The third kappa shape index (κ3) is 4.42. The van der Waals surface area contributed by atoms with E-state index in [4.69, 9.17) is 4.74 Å². The van der Waals surface area contributed by atoms with Crippen molar-refractivity contribution in [3.05, 3.63) is 64.7 Å². The summed E-state index contributed by atoms with van der Waals surface area (Å²) >= 11 is 1.43. The van der Waals surface area contributed by atoms with Crippen LogP contribution in [0, 0.1) is 20.8 Å². The minimum atomic E-state index is 0.0921. The Morgan fingerprint density at radius 1 is 1.00 bits per heavy atom. The zero-order valence-corrected chi connectivity index (χ0v) is 18.4. The molecule has 0 atom stereocenters. The quantitative estimate of drug-likeness (QED) is 0.442. The third-order valence-corrected chi connectivity index (χ3v) is 6.29. The van der Waals surface area contributed by atoms with Gasteiger partial charge in [-0.05, 0) is 50.1 Å². The number of ketones is 1. The van der Waals surface area contributed by atoms with Gasteiger partial charge in [0, 0.05) is 18.7 Å². The van der Waals surface area contributed by atoms with Crippen LogP contribution in [0.1, 0.15) is 27.0 Å². The van der Waals surface area contributed by atoms with Gasteiger partial charge in [0.15, 0.2) is 10.9 Å². The molecular formula is C23H26N4O2S. The summed E-state index contributed by atoms with van der Waals surface area (Å²) < 4.78 is 7.53. The van der Waals surface area contributed by atoms with Gasteiger partial charge in [0.2, 0.25) is 5.95 Å². The predicted molar refractivity (Wildman–Crippen MR) is 120 cm³/mol. The SMILES string of the molecule is Cc1ccc(-n2c(SCC(=O)c3ccc(C)c(C)c3)nnc2N2CCOCC2)cc1. The topological polar surface area (TPSA) is 60.2 Å². The lowest BCUT2D eigenvalue weighted by Gasteiger charge is -2.28. The number of rotatable bonds is 6. The Morgan fingerprint density at radius 2 is 1.73 bits per heavy atom. The van der Waals surface area contributed by atoms with Gasteiger partial charge in [-0.3, -0.25) is 9.36 Å². The number of ether oxygens (including phenoxy) is 1. The molecule has 0 N–H and O–H groups in total. The second-order valence-corrected chi connectivity index (χ2v) is 8.51. The molecule has 1 fully saturated rings. The van der Waals surface area contributed by atoms with Crippen molar-refractivity contribution >= 4 is 23.5 Å². The number of carbonyl (C=O) groups is 1. The molecule has 6 nitrogen and oxygen atoms in total. The molecule has 0 aliphatic carbocycles. The van der Waals surface area contributed by atoms with Crippen molar-refractivity contribution in [1.29, 1.82) is 0 Å². The average Bonchev–Trinajstić information content (AvgIpc) is 3.19. The van der Waals surface area contributed by atoms with E-state index >= 15 is 0 Å². The Hall–Kier alpha value is -2.64. The minimum Gasteiger partial charge on any atom is -0.378 e. The first-order valence-electron chi connectivity index (χ1n) is 10.1. The molecule has 7 heteroatoms. The fourth-order valence-electron chi connectivity index (χ4n) is 3.37. The van der Waals surface area contributed by atoms with Gasteiger partial charge in [0.05, 0.1) is 24.7 Å². The zero-order chi connectivity index (χ0) is 21.1. The maximum atomic E-state index is 12.8. The number of aryl methyl sites for hydroxylation is 3. The van der Waals surface area contributed by atoms with Crippen LogP contribution in [0.25, 0.3) is 5.69 Å². The van der Waals surface area contributed by atoms with E-state index in [1.54, 1.807) is 0 Å². The molecule has 4 rings (SSSR count). The second-order valence-electron chi connectivity index (χ2n) is 7.56. The Morgan fingerprint density at radius 3 is 2.43 bits per heavy atom. The van der Waals surface area contributed by atoms with E-state index in [1.165, 1.54) is 22.9 Å². The number of hydrogen-bond donors (Lipinski definition) is 0. The van der Waals surface area contributed by atoms with E-state index in [1.807, 2.05) is 29.7 Å². The van der Waals surface area contributed by atoms with Crippen LogP contribution in [-0.2, 0) is 4.74 Å². The molecule has 0 radical (unpaired) electrons. The Bertz CT molecular complexity index is 1040. The molecule has 0 unspecified atom stereocenters. The lowest BCUT2D eigenvalue weighted by Crippen LogP contribution is -2.37. The molecule has 1 saturated heterocycles. The van der Waals surface area contributed by atoms with Crippen LogP contribution in [0.15, 0.2) is 47.6 Å². The van der Waals surface area contributed by atoms with Gasteiger partial charge >= 0.3 is 0 Å². The number of thioether (sulfide) groups is 1. The van der Waals surface area contributed by atoms with E-state index in [9.17, 15) is 4.79 Å². The maximum absolute atomic E-state index is 12.8. The zero-order valence-electron chi connectivity index (χ0n) is 17.6. The van der Waals surface area contributed by atoms with Crippen LogP contribution < -0.4 is 4.90 Å². The molecule has 2 heterocycles. The van der Waals surface area contributed by atoms with Crippen molar-refractivity contribution in [1.82, 2.24) is 14.8 Å². The third-order valence-electron chi connectivity index (χ3n) is 5.36.